The minimum Gasteiger partial charge on any atom is -0.383 e. The maximum atomic E-state index is 11.0. The van der Waals surface area contributed by atoms with Gasteiger partial charge in [-0.25, -0.2) is 0 Å². The van der Waals surface area contributed by atoms with E-state index < -0.39 is 0 Å². The molecular weight excluding hydrogens is 190 g/mol. The van der Waals surface area contributed by atoms with Crippen LogP contribution in [0.4, 0.5) is 5.69 Å². The largest absolute Gasteiger partial charge is 0.383 e. The highest BCUT2D eigenvalue weighted by Gasteiger charge is 1.97. The summed E-state index contributed by atoms with van der Waals surface area (Å²) in [5.74, 6) is 0.0934. The van der Waals surface area contributed by atoms with Gasteiger partial charge in [-0.15, -0.1) is 0 Å². The molecule has 0 atom stereocenters. The number of carbonyl (C=O) groups excluding carboxylic acids is 1. The van der Waals surface area contributed by atoms with Gasteiger partial charge in [-0.3, -0.25) is 4.79 Å². The summed E-state index contributed by atoms with van der Waals surface area (Å²) in [7, 11) is 0. The van der Waals surface area contributed by atoms with Crippen molar-refractivity contribution in [1.82, 2.24) is 0 Å². The van der Waals surface area contributed by atoms with E-state index in [-0.39, 0.29) is 5.78 Å². The van der Waals surface area contributed by atoms with Gasteiger partial charge in [0.1, 0.15) is 0 Å². The number of hydrogen-bond donors (Lipinski definition) is 1. The van der Waals surface area contributed by atoms with Gasteiger partial charge in [0, 0.05) is 24.4 Å². The van der Waals surface area contributed by atoms with Crippen molar-refractivity contribution in [3.63, 3.8) is 0 Å². The molecule has 0 heterocycles. The molecule has 3 nitrogen and oxygen atoms in total. The second kappa shape index (κ2) is 6.19. The molecule has 1 rings (SSSR count). The van der Waals surface area contributed by atoms with E-state index in [4.69, 9.17) is 4.74 Å². The number of ether oxygens (including phenoxy) is 1. The van der Waals surface area contributed by atoms with E-state index in [1.54, 1.807) is 6.92 Å². The van der Waals surface area contributed by atoms with Crippen molar-refractivity contribution in [2.45, 2.75) is 13.8 Å². The third-order valence-corrected chi connectivity index (χ3v) is 2.07. The lowest BCUT2D eigenvalue weighted by atomic mass is 10.1. The van der Waals surface area contributed by atoms with E-state index in [9.17, 15) is 4.79 Å². The normalized spacial score (nSPS) is 10.0. The lowest BCUT2D eigenvalue weighted by Gasteiger charge is -2.06. The van der Waals surface area contributed by atoms with E-state index in [1.807, 2.05) is 31.2 Å². The van der Waals surface area contributed by atoms with Crippen LogP contribution in [-0.2, 0) is 4.74 Å². The maximum absolute atomic E-state index is 11.0. The molecule has 0 aliphatic heterocycles. The molecule has 0 radical (unpaired) electrons. The minimum atomic E-state index is 0.0934. The monoisotopic (exact) mass is 207 g/mol. The average molecular weight is 207 g/mol. The summed E-state index contributed by atoms with van der Waals surface area (Å²) in [6, 6.07) is 7.46. The van der Waals surface area contributed by atoms with Crippen molar-refractivity contribution in [3.05, 3.63) is 29.8 Å². The molecule has 0 saturated heterocycles. The smallest absolute Gasteiger partial charge is 0.159 e. The van der Waals surface area contributed by atoms with E-state index in [0.29, 0.717) is 6.61 Å². The molecule has 0 saturated carbocycles. The molecule has 3 heteroatoms. The first-order valence-corrected chi connectivity index (χ1v) is 5.16. The standard InChI is InChI=1S/C12H17NO2/c1-3-15-9-8-13-12-6-4-11(5-7-12)10(2)14/h4-7,13H,3,8-9H2,1-2H3. The van der Waals surface area contributed by atoms with Gasteiger partial charge in [0.05, 0.1) is 6.61 Å². The SMILES string of the molecule is CCOCCNc1ccc(C(C)=O)cc1. The molecule has 0 fully saturated rings. The average Bonchev–Trinajstić information content (AvgIpc) is 2.25. The van der Waals surface area contributed by atoms with Crippen LogP contribution in [0.2, 0.25) is 0 Å². The zero-order chi connectivity index (χ0) is 11.1. The molecular formula is C12H17NO2. The number of Topliss-reactive ketones (excluding diaryl/α,β-unsaturated/α-hetero) is 1. The summed E-state index contributed by atoms with van der Waals surface area (Å²) in [5.41, 5.74) is 1.75. The van der Waals surface area contributed by atoms with Gasteiger partial charge in [0.2, 0.25) is 0 Å². The Kier molecular flexibility index (Phi) is 4.84. The molecule has 0 aliphatic rings. The minimum absolute atomic E-state index is 0.0934. The molecule has 0 aromatic heterocycles. The van der Waals surface area contributed by atoms with Crippen LogP contribution in [0.25, 0.3) is 0 Å². The lowest BCUT2D eigenvalue weighted by molar-refractivity contribution is 0.101. The Balaban J connectivity index is 2.39. The number of nitrogens with one attached hydrogen (secondary N) is 1. The number of ketones is 1. The van der Waals surface area contributed by atoms with Crippen LogP contribution < -0.4 is 5.32 Å². The predicted molar refractivity (Wildman–Crippen MR) is 61.4 cm³/mol. The van der Waals surface area contributed by atoms with Crippen LogP contribution >= 0.6 is 0 Å². The maximum Gasteiger partial charge on any atom is 0.159 e. The summed E-state index contributed by atoms with van der Waals surface area (Å²) in [6.45, 7) is 5.77. The first-order valence-electron chi connectivity index (χ1n) is 5.16. The Hall–Kier alpha value is -1.35. The summed E-state index contributed by atoms with van der Waals surface area (Å²) in [5, 5.41) is 3.21. The second-order valence-corrected chi connectivity index (χ2v) is 3.26. The second-order valence-electron chi connectivity index (χ2n) is 3.26. The number of carbonyl (C=O) groups is 1. The molecule has 82 valence electrons. The fourth-order valence-corrected chi connectivity index (χ4v) is 1.23. The Labute approximate surface area is 90.4 Å². The van der Waals surface area contributed by atoms with Gasteiger partial charge < -0.3 is 10.1 Å². The van der Waals surface area contributed by atoms with E-state index >= 15 is 0 Å². The Morgan fingerprint density at radius 1 is 1.33 bits per heavy atom. The van der Waals surface area contributed by atoms with Gasteiger partial charge in [-0.05, 0) is 38.1 Å². The quantitative estimate of drug-likeness (QED) is 0.574. The van der Waals surface area contributed by atoms with Gasteiger partial charge in [-0.2, -0.15) is 0 Å². The molecule has 15 heavy (non-hydrogen) atoms. The van der Waals surface area contributed by atoms with Gasteiger partial charge in [0.25, 0.3) is 0 Å². The summed E-state index contributed by atoms with van der Waals surface area (Å²) >= 11 is 0. The predicted octanol–water partition coefficient (Wildman–Crippen LogP) is 2.34. The topological polar surface area (TPSA) is 38.3 Å². The summed E-state index contributed by atoms with van der Waals surface area (Å²) < 4.78 is 5.20. The lowest BCUT2D eigenvalue weighted by Crippen LogP contribution is -2.09. The third-order valence-electron chi connectivity index (χ3n) is 2.07. The van der Waals surface area contributed by atoms with Gasteiger partial charge in [0.15, 0.2) is 5.78 Å². The number of benzene rings is 1. The van der Waals surface area contributed by atoms with Crippen molar-refractivity contribution in [1.29, 1.82) is 0 Å². The summed E-state index contributed by atoms with van der Waals surface area (Å²) in [6.07, 6.45) is 0. The molecule has 0 bridgehead atoms. The molecule has 0 unspecified atom stereocenters. The highest BCUT2D eigenvalue weighted by molar-refractivity contribution is 5.94. The summed E-state index contributed by atoms with van der Waals surface area (Å²) in [4.78, 5) is 11.0. The van der Waals surface area contributed by atoms with Crippen LogP contribution in [0.3, 0.4) is 0 Å². The Morgan fingerprint density at radius 3 is 2.53 bits per heavy atom. The molecule has 1 aromatic rings. The van der Waals surface area contributed by atoms with E-state index in [2.05, 4.69) is 5.32 Å². The molecule has 0 spiro atoms. The Bertz CT molecular complexity index is 306. The third kappa shape index (κ3) is 4.13. The van der Waals surface area contributed by atoms with Crippen LogP contribution in [0.15, 0.2) is 24.3 Å². The number of anilines is 1. The van der Waals surface area contributed by atoms with Crippen LogP contribution in [0.1, 0.15) is 24.2 Å². The number of rotatable bonds is 6. The zero-order valence-electron chi connectivity index (χ0n) is 9.25. The molecule has 1 N–H and O–H groups in total. The van der Waals surface area contributed by atoms with Crippen LogP contribution in [-0.4, -0.2) is 25.5 Å². The van der Waals surface area contributed by atoms with Crippen molar-refractivity contribution in [2.24, 2.45) is 0 Å². The molecule has 1 aromatic carbocycles. The Morgan fingerprint density at radius 2 is 2.00 bits per heavy atom. The highest BCUT2D eigenvalue weighted by atomic mass is 16.5. The van der Waals surface area contributed by atoms with Crippen molar-refractivity contribution < 1.29 is 9.53 Å². The highest BCUT2D eigenvalue weighted by Crippen LogP contribution is 2.09. The first-order chi connectivity index (χ1) is 7.24. The van der Waals surface area contributed by atoms with Crippen molar-refractivity contribution in [3.8, 4) is 0 Å². The van der Waals surface area contributed by atoms with Crippen molar-refractivity contribution in [2.75, 3.05) is 25.1 Å². The first kappa shape index (κ1) is 11.7. The van der Waals surface area contributed by atoms with E-state index in [1.165, 1.54) is 0 Å². The van der Waals surface area contributed by atoms with Crippen molar-refractivity contribution >= 4 is 11.5 Å². The molecule has 0 aliphatic carbocycles. The fraction of sp³-hybridized carbons (Fsp3) is 0.417. The zero-order valence-corrected chi connectivity index (χ0v) is 9.25. The van der Waals surface area contributed by atoms with Gasteiger partial charge in [-0.1, -0.05) is 0 Å². The van der Waals surface area contributed by atoms with Crippen LogP contribution in [0.5, 0.6) is 0 Å². The fourth-order valence-electron chi connectivity index (χ4n) is 1.23. The van der Waals surface area contributed by atoms with E-state index in [0.717, 1.165) is 24.4 Å². The molecule has 0 amide bonds. The van der Waals surface area contributed by atoms with Crippen LogP contribution in [0, 0.1) is 0 Å². The number of hydrogen-bond acceptors (Lipinski definition) is 3. The van der Waals surface area contributed by atoms with Gasteiger partial charge >= 0.3 is 0 Å².